The molecule has 200 valence electrons. The van der Waals surface area contributed by atoms with Crippen molar-refractivity contribution in [3.8, 4) is 0 Å². The Balaban J connectivity index is 1.13. The van der Waals surface area contributed by atoms with Gasteiger partial charge in [-0.15, -0.1) is 0 Å². The second-order valence-corrected chi connectivity index (χ2v) is 10.9. The molecule has 7 heteroatoms. The lowest BCUT2D eigenvalue weighted by atomic mass is 9.80. The zero-order chi connectivity index (χ0) is 25.6. The highest BCUT2D eigenvalue weighted by atomic mass is 19.1. The van der Waals surface area contributed by atoms with Gasteiger partial charge in [0, 0.05) is 31.9 Å². The quantitative estimate of drug-likeness (QED) is 0.391. The molecule has 1 saturated heterocycles. The number of unbranched alkanes of at least 4 members (excludes halogenated alkanes) is 1. The van der Waals surface area contributed by atoms with Gasteiger partial charge in [0.15, 0.2) is 0 Å². The molecule has 2 aromatic rings. The van der Waals surface area contributed by atoms with Gasteiger partial charge >= 0.3 is 5.97 Å². The van der Waals surface area contributed by atoms with E-state index in [1.54, 1.807) is 0 Å². The molecule has 0 spiro atoms. The molecule has 1 unspecified atom stereocenters. The average molecular weight is 510 g/mol. The number of aryl methyl sites for hydroxylation is 2. The monoisotopic (exact) mass is 509 g/mol. The highest BCUT2D eigenvalue weighted by molar-refractivity contribution is 5.76. The summed E-state index contributed by atoms with van der Waals surface area (Å²) in [6, 6.07) is 8.28. The van der Waals surface area contributed by atoms with Crippen LogP contribution < -0.4 is 5.32 Å². The van der Waals surface area contributed by atoms with E-state index in [9.17, 15) is 14.3 Å². The number of aliphatic carboxylic acids is 1. The van der Waals surface area contributed by atoms with Crippen LogP contribution >= 0.6 is 0 Å². The number of carboxylic acid groups (broad SMARTS) is 1. The number of nitrogens with one attached hydrogen (secondary N) is 1. The number of nitrogens with zero attached hydrogens (tertiary/aromatic N) is 2. The topological polar surface area (TPSA) is 74.7 Å². The molecule has 2 N–H and O–H groups in total. The molecule has 1 saturated carbocycles. The van der Waals surface area contributed by atoms with Crippen LogP contribution in [0.25, 0.3) is 0 Å². The van der Waals surface area contributed by atoms with Gasteiger partial charge in [0.1, 0.15) is 17.7 Å². The van der Waals surface area contributed by atoms with Crippen molar-refractivity contribution in [1.29, 1.82) is 0 Å². The summed E-state index contributed by atoms with van der Waals surface area (Å²) in [7, 11) is 0. The van der Waals surface area contributed by atoms with Crippen LogP contribution in [0.15, 0.2) is 30.3 Å². The number of hydrogen-bond donors (Lipinski definition) is 2. The maximum atomic E-state index is 14.3. The lowest BCUT2D eigenvalue weighted by Gasteiger charge is -2.30. The fourth-order valence-corrected chi connectivity index (χ4v) is 6.34. The highest BCUT2D eigenvalue weighted by Crippen LogP contribution is 2.39. The Morgan fingerprint density at radius 3 is 2.84 bits per heavy atom. The molecule has 0 amide bonds. The molecule has 2 fully saturated rings. The number of benzene rings is 1. The van der Waals surface area contributed by atoms with E-state index in [0.29, 0.717) is 31.2 Å². The van der Waals surface area contributed by atoms with Crippen LogP contribution in [0, 0.1) is 5.82 Å². The molecule has 1 aromatic heterocycles. The molecule has 2 aliphatic heterocycles. The van der Waals surface area contributed by atoms with Gasteiger partial charge < -0.3 is 15.2 Å². The van der Waals surface area contributed by atoms with Crippen LogP contribution in [0.3, 0.4) is 0 Å². The van der Waals surface area contributed by atoms with E-state index in [2.05, 4.69) is 17.4 Å². The molecule has 0 radical (unpaired) electrons. The van der Waals surface area contributed by atoms with Crippen molar-refractivity contribution in [3.05, 3.63) is 58.5 Å². The summed E-state index contributed by atoms with van der Waals surface area (Å²) in [6.45, 7) is 2.87. The Morgan fingerprint density at radius 2 is 2.00 bits per heavy atom. The van der Waals surface area contributed by atoms with E-state index in [1.165, 1.54) is 30.5 Å². The molecule has 1 aromatic carbocycles. The third-order valence-electron chi connectivity index (χ3n) is 8.30. The maximum absolute atomic E-state index is 14.3. The van der Waals surface area contributed by atoms with Gasteiger partial charge in [-0.3, -0.25) is 9.69 Å². The van der Waals surface area contributed by atoms with E-state index in [4.69, 9.17) is 9.72 Å². The van der Waals surface area contributed by atoms with E-state index in [-0.39, 0.29) is 11.9 Å². The third kappa shape index (κ3) is 6.50. The van der Waals surface area contributed by atoms with Gasteiger partial charge in [0.05, 0.1) is 6.10 Å². The van der Waals surface area contributed by atoms with Gasteiger partial charge in [0.2, 0.25) is 0 Å². The first-order chi connectivity index (χ1) is 18.1. The summed E-state index contributed by atoms with van der Waals surface area (Å²) in [5.74, 6) is 0.0950. The minimum absolute atomic E-state index is 0.0135. The van der Waals surface area contributed by atoms with E-state index in [0.717, 1.165) is 81.4 Å². The zero-order valence-corrected chi connectivity index (χ0v) is 21.8. The van der Waals surface area contributed by atoms with Crippen LogP contribution in [0.4, 0.5) is 10.2 Å². The summed E-state index contributed by atoms with van der Waals surface area (Å²) in [5, 5.41) is 13.6. The summed E-state index contributed by atoms with van der Waals surface area (Å²) >= 11 is 0. The largest absolute Gasteiger partial charge is 0.480 e. The number of anilines is 1. The second kappa shape index (κ2) is 12.4. The lowest BCUT2D eigenvalue weighted by Crippen LogP contribution is -2.34. The smallest absolute Gasteiger partial charge is 0.325 e. The van der Waals surface area contributed by atoms with Gasteiger partial charge in [-0.1, -0.05) is 31.4 Å². The second-order valence-electron chi connectivity index (χ2n) is 10.9. The highest BCUT2D eigenvalue weighted by Gasteiger charge is 2.36. The van der Waals surface area contributed by atoms with Crippen LogP contribution in [-0.4, -0.2) is 53.3 Å². The maximum Gasteiger partial charge on any atom is 0.325 e. The number of aromatic nitrogens is 1. The van der Waals surface area contributed by atoms with Crippen LogP contribution in [-0.2, 0) is 22.4 Å². The predicted molar refractivity (Wildman–Crippen MR) is 143 cm³/mol. The normalized spacial score (nSPS) is 21.4. The number of ether oxygens (including phenoxy) is 1. The zero-order valence-electron chi connectivity index (χ0n) is 21.8. The molecular weight excluding hydrogens is 469 g/mol. The molecule has 6 nitrogen and oxygen atoms in total. The molecule has 0 bridgehead atoms. The Bertz CT molecular complexity index is 1070. The predicted octanol–water partition coefficient (Wildman–Crippen LogP) is 5.87. The van der Waals surface area contributed by atoms with Crippen molar-refractivity contribution >= 4 is 11.8 Å². The first-order valence-electron chi connectivity index (χ1n) is 14.2. The minimum atomic E-state index is -0.907. The van der Waals surface area contributed by atoms with Crippen molar-refractivity contribution in [1.82, 2.24) is 9.88 Å². The number of fused-ring (bicyclic) bond motifs is 1. The summed E-state index contributed by atoms with van der Waals surface area (Å²) in [4.78, 5) is 19.2. The first kappa shape index (κ1) is 26.1. The number of pyridine rings is 1. The number of carbonyl (C=O) groups is 1. The van der Waals surface area contributed by atoms with Gasteiger partial charge in [-0.25, -0.2) is 9.37 Å². The molecule has 2 atom stereocenters. The summed E-state index contributed by atoms with van der Waals surface area (Å²) < 4.78 is 20.5. The Hall–Kier alpha value is -2.51. The van der Waals surface area contributed by atoms with Gasteiger partial charge in [0.25, 0.3) is 0 Å². The van der Waals surface area contributed by atoms with Crippen LogP contribution in [0.1, 0.15) is 92.1 Å². The Kier molecular flexibility index (Phi) is 8.72. The molecule has 1 aliphatic carbocycles. The van der Waals surface area contributed by atoms with Gasteiger partial charge in [-0.05, 0) is 92.2 Å². The number of hydrogen-bond acceptors (Lipinski definition) is 5. The number of carboxylic acids is 1. The Labute approximate surface area is 219 Å². The lowest BCUT2D eigenvalue weighted by molar-refractivity contribution is -0.143. The molecule has 3 aliphatic rings. The summed E-state index contributed by atoms with van der Waals surface area (Å²) in [5.41, 5.74) is 4.08. The summed E-state index contributed by atoms with van der Waals surface area (Å²) in [6.07, 6.45) is 11.6. The van der Waals surface area contributed by atoms with E-state index >= 15 is 0 Å². The van der Waals surface area contributed by atoms with Crippen LogP contribution in [0.5, 0.6) is 0 Å². The molecule has 3 heterocycles. The Morgan fingerprint density at radius 1 is 1.14 bits per heavy atom. The van der Waals surface area contributed by atoms with E-state index in [1.807, 2.05) is 11.0 Å². The fraction of sp³-hybridized carbons (Fsp3) is 0.600. The van der Waals surface area contributed by atoms with Crippen molar-refractivity contribution in [2.24, 2.45) is 0 Å². The van der Waals surface area contributed by atoms with Crippen molar-refractivity contribution < 1.29 is 19.0 Å². The number of halogens is 1. The standard InChI is InChI=1S/C30H40FN3O3/c31-23-12-14-26(21-7-2-1-3-8-21)27(19-23)28(30(35)36)34-17-15-25(20-34)37-18-5-4-10-24-13-11-22-9-6-16-32-29(22)33-24/h11-14,19,21,25,28H,1-10,15-18,20H2,(H,32,33)(H,35,36)/t25-,28?/m1/s1. The van der Waals surface area contributed by atoms with Crippen molar-refractivity contribution in [3.63, 3.8) is 0 Å². The SMILES string of the molecule is O=C(O)C(c1cc(F)ccc1C1CCCCC1)N1CC[C@@H](OCCCCc2ccc3c(n2)NCCC3)C1. The minimum Gasteiger partial charge on any atom is -0.480 e. The van der Waals surface area contributed by atoms with Gasteiger partial charge in [-0.2, -0.15) is 0 Å². The van der Waals surface area contributed by atoms with Crippen LogP contribution in [0.2, 0.25) is 0 Å². The third-order valence-corrected chi connectivity index (χ3v) is 8.30. The molecule has 37 heavy (non-hydrogen) atoms. The van der Waals surface area contributed by atoms with Crippen molar-refractivity contribution in [2.45, 2.75) is 88.7 Å². The fourth-order valence-electron chi connectivity index (χ4n) is 6.34. The van der Waals surface area contributed by atoms with E-state index < -0.39 is 12.0 Å². The number of rotatable bonds is 10. The average Bonchev–Trinajstić information content (AvgIpc) is 3.37. The first-order valence-corrected chi connectivity index (χ1v) is 14.2. The number of likely N-dealkylation sites (tertiary alicyclic amines) is 1. The van der Waals surface area contributed by atoms with Crippen molar-refractivity contribution in [2.75, 3.05) is 31.6 Å². The molecule has 5 rings (SSSR count). The molecular formula is C30H40FN3O3.